The lowest BCUT2D eigenvalue weighted by Crippen LogP contribution is -2.12. The van der Waals surface area contributed by atoms with Gasteiger partial charge in [0.1, 0.15) is 5.75 Å². The van der Waals surface area contributed by atoms with Crippen LogP contribution in [0.15, 0.2) is 0 Å². The van der Waals surface area contributed by atoms with Crippen LogP contribution in [0.3, 0.4) is 0 Å². The van der Waals surface area contributed by atoms with Gasteiger partial charge in [-0.3, -0.25) is 14.4 Å². The summed E-state index contributed by atoms with van der Waals surface area (Å²) < 4.78 is 12.1. The van der Waals surface area contributed by atoms with E-state index in [9.17, 15) is 18.9 Å². The van der Waals surface area contributed by atoms with Crippen LogP contribution in [-0.2, 0) is 25.6 Å². The molecule has 0 heterocycles. The third-order valence-corrected chi connectivity index (χ3v) is 17.3. The highest BCUT2D eigenvalue weighted by molar-refractivity contribution is 8.28. The average molecular weight is 729 g/mol. The van der Waals surface area contributed by atoms with E-state index in [0.29, 0.717) is 49.1 Å². The second-order valence-electron chi connectivity index (χ2n) is 5.84. The topological polar surface area (TPSA) is 115 Å². The van der Waals surface area contributed by atoms with Crippen LogP contribution in [0, 0.1) is 0 Å². The maximum absolute atomic E-state index is 12.1. The Bertz CT molecular complexity index is 563. The van der Waals surface area contributed by atoms with E-state index in [2.05, 4.69) is 0 Å². The molecule has 0 aliphatic rings. The van der Waals surface area contributed by atoms with E-state index in [4.69, 9.17) is 10.2 Å². The number of carbonyl (C=O) groups excluding carboxylic acids is 3. The van der Waals surface area contributed by atoms with Crippen molar-refractivity contribution in [1.29, 1.82) is 0 Å². The lowest BCUT2D eigenvalue weighted by molar-refractivity contribution is -0.109. The zero-order valence-corrected chi connectivity index (χ0v) is 29.3. The number of aliphatic hydroxyl groups is 2. The SMILES string of the molecule is O=C(CSCC[S+]([O-])CSCCSCSC(=O)CSCC(=O)SCSCSCO)SCSCSCO. The minimum absolute atomic E-state index is 0.0777. The number of hydrogen-bond donors (Lipinski definition) is 2. The summed E-state index contributed by atoms with van der Waals surface area (Å²) in [5.74, 6) is 4.40. The van der Waals surface area contributed by atoms with Crippen molar-refractivity contribution in [1.82, 2.24) is 0 Å². The third-order valence-electron chi connectivity index (χ3n) is 3.13. The van der Waals surface area contributed by atoms with Gasteiger partial charge in [-0.05, 0) is 11.2 Å². The van der Waals surface area contributed by atoms with Crippen LogP contribution < -0.4 is 0 Å². The Morgan fingerprint density at radius 3 is 1.56 bits per heavy atom. The Kier molecular flexibility index (Phi) is 33.7. The zero-order chi connectivity index (χ0) is 26.7. The van der Waals surface area contributed by atoms with Crippen molar-refractivity contribution in [2.45, 2.75) is 0 Å². The van der Waals surface area contributed by atoms with Gasteiger partial charge in [0.2, 0.25) is 0 Å². The first-order valence-electron chi connectivity index (χ1n) is 10.1. The summed E-state index contributed by atoms with van der Waals surface area (Å²) in [6, 6.07) is 0. The average Bonchev–Trinajstić information content (AvgIpc) is 2.85. The fourth-order valence-electron chi connectivity index (χ4n) is 1.62. The highest BCUT2D eigenvalue weighted by atomic mass is 32.3. The van der Waals surface area contributed by atoms with Crippen molar-refractivity contribution < 1.29 is 29.1 Å². The van der Waals surface area contributed by atoms with Crippen molar-refractivity contribution in [3.05, 3.63) is 0 Å². The van der Waals surface area contributed by atoms with Crippen molar-refractivity contribution in [2.24, 2.45) is 0 Å². The molecule has 1 unspecified atom stereocenters. The molecular weight excluding hydrogens is 697 g/mol. The molecule has 0 fully saturated rings. The van der Waals surface area contributed by atoms with E-state index in [1.54, 1.807) is 47.0 Å². The van der Waals surface area contributed by atoms with Gasteiger partial charge in [0.25, 0.3) is 0 Å². The smallest absolute Gasteiger partial charge is 0.199 e. The van der Waals surface area contributed by atoms with Crippen molar-refractivity contribution >= 4 is 156 Å². The van der Waals surface area contributed by atoms with Crippen molar-refractivity contribution in [3.8, 4) is 0 Å². The summed E-state index contributed by atoms with van der Waals surface area (Å²) in [7, 11) is 0. The molecule has 36 heavy (non-hydrogen) atoms. The van der Waals surface area contributed by atoms with E-state index in [0.717, 1.165) is 21.7 Å². The number of rotatable bonds is 26. The Morgan fingerprint density at radius 2 is 1.03 bits per heavy atom. The second kappa shape index (κ2) is 31.0. The highest BCUT2D eigenvalue weighted by Gasteiger charge is 2.10. The fraction of sp³-hybridized carbons (Fsp3) is 0.833. The maximum Gasteiger partial charge on any atom is 0.199 e. The molecule has 0 spiro atoms. The summed E-state index contributed by atoms with van der Waals surface area (Å²) in [6.07, 6.45) is 0. The first-order valence-corrected chi connectivity index (χ1v) is 23.8. The number of thioether (sulfide) groups is 11. The van der Waals surface area contributed by atoms with Crippen LogP contribution >= 0.6 is 129 Å². The largest absolute Gasteiger partial charge is 0.616 e. The van der Waals surface area contributed by atoms with Crippen molar-refractivity contribution in [2.75, 3.05) is 82.7 Å². The van der Waals surface area contributed by atoms with E-state index < -0.39 is 11.2 Å². The van der Waals surface area contributed by atoms with Gasteiger partial charge in [-0.15, -0.1) is 94.1 Å². The summed E-state index contributed by atoms with van der Waals surface area (Å²) in [5, 5.41) is 21.8. The quantitative estimate of drug-likeness (QED) is 0.0705. The predicted molar refractivity (Wildman–Crippen MR) is 184 cm³/mol. The molecule has 0 aromatic carbocycles. The third kappa shape index (κ3) is 30.1. The van der Waals surface area contributed by atoms with Crippen LogP contribution in [0.1, 0.15) is 0 Å². The standard InChI is InChI=1S/C18H32O6S12/c19-8-29-10-31-13-34-16(21)5-25-3-4-36(24)15-27-2-1-26-12-33-17(22)6-28-7-18(23)35-14-32-11-30-9-20/h19-20H,1-15H2. The fourth-order valence-corrected chi connectivity index (χ4v) is 14.3. The molecule has 0 aromatic rings. The summed E-state index contributed by atoms with van der Waals surface area (Å²) in [6.45, 7) is 0. The van der Waals surface area contributed by atoms with Crippen molar-refractivity contribution in [3.63, 3.8) is 0 Å². The van der Waals surface area contributed by atoms with Crippen LogP contribution in [0.4, 0.5) is 0 Å². The molecule has 212 valence electrons. The second-order valence-corrected chi connectivity index (χ2v) is 20.9. The predicted octanol–water partition coefficient (Wildman–Crippen LogP) is 5.02. The van der Waals surface area contributed by atoms with E-state index in [-0.39, 0.29) is 27.2 Å². The lowest BCUT2D eigenvalue weighted by Gasteiger charge is -2.10. The van der Waals surface area contributed by atoms with E-state index in [1.165, 1.54) is 82.3 Å². The molecule has 0 bridgehead atoms. The number of hydrogen-bond acceptors (Lipinski definition) is 17. The molecule has 0 aliphatic carbocycles. The minimum Gasteiger partial charge on any atom is -0.616 e. The Labute approximate surface area is 264 Å². The molecule has 2 N–H and O–H groups in total. The molecule has 0 saturated carbocycles. The molecule has 0 radical (unpaired) electrons. The summed E-state index contributed by atoms with van der Waals surface area (Å²) in [5.41, 5.74) is 0. The van der Waals surface area contributed by atoms with Gasteiger partial charge in [-0.25, -0.2) is 0 Å². The minimum atomic E-state index is -0.890. The molecular formula is C18H32O6S12. The van der Waals surface area contributed by atoms with E-state index in [1.807, 2.05) is 0 Å². The normalized spacial score (nSPS) is 12.1. The van der Waals surface area contributed by atoms with Gasteiger partial charge in [0, 0.05) is 42.7 Å². The van der Waals surface area contributed by atoms with Crippen LogP contribution in [0.2, 0.25) is 0 Å². The summed E-state index contributed by atoms with van der Waals surface area (Å²) >= 11 is 15.2. The van der Waals surface area contributed by atoms with Gasteiger partial charge in [-0.2, -0.15) is 0 Å². The van der Waals surface area contributed by atoms with Crippen LogP contribution in [-0.4, -0.2) is 113 Å². The first-order chi connectivity index (χ1) is 17.5. The Balaban J connectivity index is 3.44. The Hall–Kier alpha value is 3.09. The van der Waals surface area contributed by atoms with Gasteiger partial charge < -0.3 is 14.8 Å². The number of carbonyl (C=O) groups is 3. The molecule has 0 rings (SSSR count). The van der Waals surface area contributed by atoms with E-state index >= 15 is 0 Å². The van der Waals surface area contributed by atoms with Gasteiger partial charge >= 0.3 is 0 Å². The van der Waals surface area contributed by atoms with Gasteiger partial charge in [0.15, 0.2) is 20.4 Å². The molecule has 1 atom stereocenters. The Morgan fingerprint density at radius 1 is 0.556 bits per heavy atom. The van der Waals surface area contributed by atoms with Gasteiger partial charge in [0.05, 0.1) is 29.1 Å². The molecule has 0 saturated heterocycles. The highest BCUT2D eigenvalue weighted by Crippen LogP contribution is 2.22. The molecule has 6 nitrogen and oxygen atoms in total. The molecule has 18 heteroatoms. The molecule has 0 aliphatic heterocycles. The van der Waals surface area contributed by atoms with Crippen LogP contribution in [0.25, 0.3) is 0 Å². The monoisotopic (exact) mass is 728 g/mol. The van der Waals surface area contributed by atoms with Gasteiger partial charge in [-0.1, -0.05) is 35.3 Å². The zero-order valence-electron chi connectivity index (χ0n) is 19.5. The first kappa shape index (κ1) is 39.1. The summed E-state index contributed by atoms with van der Waals surface area (Å²) in [4.78, 5) is 35.4. The molecule has 0 amide bonds. The number of aliphatic hydroxyl groups excluding tert-OH is 2. The van der Waals surface area contributed by atoms with Crippen LogP contribution in [0.5, 0.6) is 0 Å². The lowest BCUT2D eigenvalue weighted by atomic mass is 10.9. The molecule has 0 aromatic heterocycles. The maximum atomic E-state index is 12.1.